The molecule has 27 heavy (non-hydrogen) atoms. The van der Waals surface area contributed by atoms with Crippen LogP contribution in [-0.4, -0.2) is 31.7 Å². The average Bonchev–Trinajstić information content (AvgIpc) is 2.51. The molecule has 0 unspecified atom stereocenters. The monoisotopic (exact) mass is 395 g/mol. The number of rotatable bonds is 11. The van der Waals surface area contributed by atoms with Gasteiger partial charge in [0, 0.05) is 4.91 Å². The van der Waals surface area contributed by atoms with E-state index in [4.69, 9.17) is 9.96 Å². The van der Waals surface area contributed by atoms with Crippen molar-refractivity contribution in [2.24, 2.45) is 5.11 Å². The topological polar surface area (TPSA) is 78.2 Å². The molecule has 0 rings (SSSR count). The van der Waals surface area contributed by atoms with Crippen LogP contribution in [0.4, 0.5) is 0 Å². The Hall–Kier alpha value is -1.07. The first-order valence-corrected chi connectivity index (χ1v) is 12.8. The zero-order chi connectivity index (χ0) is 21.3. The third-order valence-corrected chi connectivity index (χ3v) is 10.1. The maximum atomic E-state index is 10.7. The third-order valence-electron chi connectivity index (χ3n) is 5.63. The second-order valence-corrected chi connectivity index (χ2v) is 14.4. The van der Waals surface area contributed by atoms with E-state index in [9.17, 15) is 5.11 Å². The molecular formula is C21H41N3O2Si. The highest BCUT2D eigenvalue weighted by Crippen LogP contribution is 2.37. The van der Waals surface area contributed by atoms with Gasteiger partial charge in [-0.1, -0.05) is 56.1 Å². The van der Waals surface area contributed by atoms with Crippen molar-refractivity contribution in [1.82, 2.24) is 0 Å². The number of allylic oxidation sites excluding steroid dienone is 4. The molecule has 0 heterocycles. The number of aliphatic hydroxyl groups is 1. The molecule has 0 aromatic heterocycles. The van der Waals surface area contributed by atoms with E-state index in [0.717, 1.165) is 19.3 Å². The van der Waals surface area contributed by atoms with E-state index in [1.807, 2.05) is 6.92 Å². The minimum atomic E-state index is -1.96. The molecule has 0 aliphatic rings. The second-order valence-electron chi connectivity index (χ2n) is 9.54. The summed E-state index contributed by atoms with van der Waals surface area (Å²) in [4.78, 5) is 2.98. The summed E-state index contributed by atoms with van der Waals surface area (Å²) in [5, 5.41) is 14.7. The first-order chi connectivity index (χ1) is 12.2. The van der Waals surface area contributed by atoms with E-state index < -0.39 is 20.0 Å². The summed E-state index contributed by atoms with van der Waals surface area (Å²) in [6.45, 7) is 19.2. The summed E-state index contributed by atoms with van der Waals surface area (Å²) in [6, 6.07) is 0. The number of nitrogens with zero attached hydrogens (tertiary/aromatic N) is 3. The highest BCUT2D eigenvalue weighted by molar-refractivity contribution is 6.74. The molecule has 156 valence electrons. The molecule has 0 aliphatic carbocycles. The van der Waals surface area contributed by atoms with Crippen LogP contribution in [0.2, 0.25) is 18.1 Å². The first-order valence-electron chi connectivity index (χ1n) is 9.92. The lowest BCUT2D eigenvalue weighted by atomic mass is 9.90. The molecular weight excluding hydrogens is 354 g/mol. The van der Waals surface area contributed by atoms with E-state index >= 15 is 0 Å². The van der Waals surface area contributed by atoms with E-state index in [0.29, 0.717) is 6.42 Å². The Kier molecular flexibility index (Phi) is 10.6. The van der Waals surface area contributed by atoms with Gasteiger partial charge in [0.15, 0.2) is 8.32 Å². The highest BCUT2D eigenvalue weighted by Gasteiger charge is 2.39. The fraction of sp³-hybridized carbons (Fsp3) is 0.810. The molecule has 0 spiro atoms. The minimum Gasteiger partial charge on any atom is -0.414 e. The normalized spacial score (nSPS) is 16.3. The molecule has 5 nitrogen and oxygen atoms in total. The van der Waals surface area contributed by atoms with Crippen LogP contribution >= 0.6 is 0 Å². The van der Waals surface area contributed by atoms with Crippen molar-refractivity contribution < 1.29 is 9.53 Å². The van der Waals surface area contributed by atoms with Gasteiger partial charge in [-0.05, 0) is 70.1 Å². The van der Waals surface area contributed by atoms with Gasteiger partial charge in [0.1, 0.15) is 0 Å². The standard InChI is InChI=1S/C21H41N3O2Si/c1-17(2)12-10-13-18(3)14-11-15-21(7,23-24-22)19(25)16-26-27(8,9)20(4,5)6/h12,14,19,25H,10-11,13,15-16H2,1-9H3/b18-14+/t19-,21+/m1/s1. The van der Waals surface area contributed by atoms with Crippen molar-refractivity contribution in [1.29, 1.82) is 0 Å². The van der Waals surface area contributed by atoms with Crippen molar-refractivity contribution in [3.8, 4) is 0 Å². The zero-order valence-electron chi connectivity index (χ0n) is 19.0. The lowest BCUT2D eigenvalue weighted by Gasteiger charge is -2.38. The van der Waals surface area contributed by atoms with Crippen LogP contribution in [0.3, 0.4) is 0 Å². The van der Waals surface area contributed by atoms with Gasteiger partial charge < -0.3 is 9.53 Å². The van der Waals surface area contributed by atoms with E-state index in [-0.39, 0.29) is 11.6 Å². The van der Waals surface area contributed by atoms with E-state index in [1.165, 1.54) is 11.1 Å². The van der Waals surface area contributed by atoms with E-state index in [2.05, 4.69) is 76.8 Å². The lowest BCUT2D eigenvalue weighted by molar-refractivity contribution is 0.0389. The summed E-state index contributed by atoms with van der Waals surface area (Å²) < 4.78 is 6.13. The predicted molar refractivity (Wildman–Crippen MR) is 118 cm³/mol. The molecule has 0 saturated heterocycles. The minimum absolute atomic E-state index is 0.0761. The highest BCUT2D eigenvalue weighted by atomic mass is 28.4. The maximum absolute atomic E-state index is 10.7. The lowest BCUT2D eigenvalue weighted by Crippen LogP contribution is -2.47. The molecule has 0 amide bonds. The molecule has 0 aromatic rings. The molecule has 0 fully saturated rings. The van der Waals surface area contributed by atoms with Gasteiger partial charge in [0.05, 0.1) is 18.2 Å². The van der Waals surface area contributed by atoms with Crippen molar-refractivity contribution in [3.05, 3.63) is 33.7 Å². The Balaban J connectivity index is 4.87. The quantitative estimate of drug-likeness (QED) is 0.136. The first kappa shape index (κ1) is 25.9. The van der Waals surface area contributed by atoms with Crippen LogP contribution in [0.15, 0.2) is 28.4 Å². The van der Waals surface area contributed by atoms with Gasteiger partial charge in [0.25, 0.3) is 0 Å². The number of aliphatic hydroxyl groups excluding tert-OH is 1. The predicted octanol–water partition coefficient (Wildman–Crippen LogP) is 6.91. The Bertz CT molecular complexity index is 568. The molecule has 1 N–H and O–H groups in total. The SMILES string of the molecule is CC(C)=CCC/C(C)=C/CC[C@](C)(N=[N+]=[N-])[C@H](O)CO[Si](C)(C)C(C)(C)C. The molecule has 0 aromatic carbocycles. The van der Waals surface area contributed by atoms with Crippen LogP contribution in [-0.2, 0) is 4.43 Å². The van der Waals surface area contributed by atoms with Crippen LogP contribution < -0.4 is 0 Å². The Labute approximate surface area is 167 Å². The molecule has 0 saturated carbocycles. The average molecular weight is 396 g/mol. The number of hydrogen-bond acceptors (Lipinski definition) is 3. The summed E-state index contributed by atoms with van der Waals surface area (Å²) in [6.07, 6.45) is 7.05. The van der Waals surface area contributed by atoms with Gasteiger partial charge in [-0.2, -0.15) is 0 Å². The van der Waals surface area contributed by atoms with Crippen molar-refractivity contribution in [3.63, 3.8) is 0 Å². The molecule has 0 radical (unpaired) electrons. The van der Waals surface area contributed by atoms with Gasteiger partial charge in [-0.25, -0.2) is 0 Å². The van der Waals surface area contributed by atoms with Crippen molar-refractivity contribution in [2.45, 2.75) is 104 Å². The van der Waals surface area contributed by atoms with Crippen LogP contribution in [0.1, 0.15) is 74.1 Å². The van der Waals surface area contributed by atoms with Crippen LogP contribution in [0.25, 0.3) is 10.4 Å². The Morgan fingerprint density at radius 1 is 1.15 bits per heavy atom. The summed E-state index contributed by atoms with van der Waals surface area (Å²) in [5.41, 5.74) is 10.8. The second kappa shape index (κ2) is 11.1. The van der Waals surface area contributed by atoms with Gasteiger partial charge in [0.2, 0.25) is 0 Å². The summed E-state index contributed by atoms with van der Waals surface area (Å²) >= 11 is 0. The van der Waals surface area contributed by atoms with E-state index in [1.54, 1.807) is 0 Å². The zero-order valence-corrected chi connectivity index (χ0v) is 20.0. The fourth-order valence-electron chi connectivity index (χ4n) is 2.37. The summed E-state index contributed by atoms with van der Waals surface area (Å²) in [5.74, 6) is 0. The largest absolute Gasteiger partial charge is 0.414 e. The maximum Gasteiger partial charge on any atom is 0.192 e. The molecule has 0 bridgehead atoms. The molecule has 0 aliphatic heterocycles. The van der Waals surface area contributed by atoms with Gasteiger partial charge >= 0.3 is 0 Å². The van der Waals surface area contributed by atoms with Crippen LogP contribution in [0.5, 0.6) is 0 Å². The smallest absolute Gasteiger partial charge is 0.192 e. The van der Waals surface area contributed by atoms with Crippen LogP contribution in [0, 0.1) is 0 Å². The van der Waals surface area contributed by atoms with Gasteiger partial charge in [-0.3, -0.25) is 0 Å². The summed E-state index contributed by atoms with van der Waals surface area (Å²) in [7, 11) is -1.96. The van der Waals surface area contributed by atoms with Gasteiger partial charge in [-0.15, -0.1) is 0 Å². The number of hydrogen-bond donors (Lipinski definition) is 1. The fourth-order valence-corrected chi connectivity index (χ4v) is 3.38. The Morgan fingerprint density at radius 2 is 1.74 bits per heavy atom. The number of azide groups is 1. The molecule has 6 heteroatoms. The van der Waals surface area contributed by atoms with Crippen molar-refractivity contribution in [2.75, 3.05) is 6.61 Å². The van der Waals surface area contributed by atoms with Crippen molar-refractivity contribution >= 4 is 8.32 Å². The third kappa shape index (κ3) is 9.61. The Morgan fingerprint density at radius 3 is 2.22 bits per heavy atom. The molecule has 2 atom stereocenters.